The van der Waals surface area contributed by atoms with Crippen LogP contribution in [0.3, 0.4) is 0 Å². The quantitative estimate of drug-likeness (QED) is 0.179. The summed E-state index contributed by atoms with van der Waals surface area (Å²) in [4.78, 5) is 22.1. The second kappa shape index (κ2) is 19.6. The molecule has 18 atom stereocenters. The number of aliphatic hydroxyl groups is 5. The van der Waals surface area contributed by atoms with Crippen LogP contribution in [0.4, 0.5) is 0 Å². The molecule has 0 aromatic heterocycles. The van der Waals surface area contributed by atoms with Crippen molar-refractivity contribution in [2.75, 3.05) is 21.2 Å². The minimum Gasteiger partial charge on any atom is -0.459 e. The first-order chi connectivity index (χ1) is 27.0. The number of nitrogens with zero attached hydrogens (tertiary/aromatic N) is 2. The molecule has 0 unspecified atom stereocenters. The van der Waals surface area contributed by atoms with Crippen molar-refractivity contribution in [2.24, 2.45) is 28.8 Å². The number of carbonyl (C=O) groups excluding carboxylic acids is 1. The summed E-state index contributed by atoms with van der Waals surface area (Å²) in [6.45, 7) is 17.1. The van der Waals surface area contributed by atoms with Gasteiger partial charge in [0.05, 0.1) is 53.4 Å². The van der Waals surface area contributed by atoms with Gasteiger partial charge in [0.2, 0.25) is 0 Å². The van der Waals surface area contributed by atoms with E-state index in [1.807, 2.05) is 38.9 Å². The zero-order valence-electron chi connectivity index (χ0n) is 36.8. The Labute approximate surface area is 344 Å². The number of hydrogen-bond acceptors (Lipinski definition) is 15. The first-order valence-corrected chi connectivity index (χ1v) is 20.8. The second-order valence-electron chi connectivity index (χ2n) is 18.0. The molecule has 1 aromatic rings. The molecule has 0 radical (unpaired) electrons. The number of oxime groups is 1. The van der Waals surface area contributed by atoms with Gasteiger partial charge in [0.15, 0.2) is 18.3 Å². The summed E-state index contributed by atoms with van der Waals surface area (Å²) < 4.78 is 37.8. The largest absolute Gasteiger partial charge is 0.459 e. The zero-order chi connectivity index (χ0) is 43.5. The average Bonchev–Trinajstić information content (AvgIpc) is 3.16. The fourth-order valence-electron chi connectivity index (χ4n) is 9.18. The van der Waals surface area contributed by atoms with Crippen LogP contribution in [0.15, 0.2) is 35.5 Å². The summed E-state index contributed by atoms with van der Waals surface area (Å²) in [6, 6.07) is 8.57. The third-order valence-corrected chi connectivity index (χ3v) is 12.9. The molecule has 15 nitrogen and oxygen atoms in total. The van der Waals surface area contributed by atoms with Gasteiger partial charge in [-0.15, -0.1) is 0 Å². The van der Waals surface area contributed by atoms with Crippen LogP contribution < -0.4 is 4.84 Å². The van der Waals surface area contributed by atoms with Crippen molar-refractivity contribution in [3.8, 4) is 5.75 Å². The number of methoxy groups -OCH3 is 1. The number of carbonyl (C=O) groups is 1. The molecule has 0 spiro atoms. The van der Waals surface area contributed by atoms with Crippen LogP contribution in [0.2, 0.25) is 0 Å². The Balaban J connectivity index is 1.89. The lowest BCUT2D eigenvalue weighted by Crippen LogP contribution is -2.61. The maximum atomic E-state index is 14.4. The molecule has 0 bridgehead atoms. The highest BCUT2D eigenvalue weighted by molar-refractivity contribution is 5.89. The maximum absolute atomic E-state index is 14.4. The first-order valence-electron chi connectivity index (χ1n) is 20.8. The van der Waals surface area contributed by atoms with Crippen LogP contribution in [0.5, 0.6) is 5.75 Å². The van der Waals surface area contributed by atoms with E-state index in [-0.39, 0.29) is 31.4 Å². The molecular weight excluding hydrogens is 752 g/mol. The zero-order valence-corrected chi connectivity index (χ0v) is 36.8. The highest BCUT2D eigenvalue weighted by Crippen LogP contribution is 2.41. The Morgan fingerprint density at radius 2 is 1.53 bits per heavy atom. The number of para-hydroxylation sites is 1. The number of ether oxygens (including phenoxy) is 6. The van der Waals surface area contributed by atoms with E-state index in [1.165, 1.54) is 14.0 Å². The van der Waals surface area contributed by atoms with Crippen molar-refractivity contribution >= 4 is 11.7 Å². The summed E-state index contributed by atoms with van der Waals surface area (Å²) in [5.41, 5.74) is -4.43. The van der Waals surface area contributed by atoms with E-state index < -0.39 is 102 Å². The van der Waals surface area contributed by atoms with Crippen molar-refractivity contribution in [3.63, 3.8) is 0 Å². The fourth-order valence-corrected chi connectivity index (χ4v) is 9.18. The van der Waals surface area contributed by atoms with Gasteiger partial charge in [-0.05, 0) is 87.0 Å². The minimum absolute atomic E-state index is 0.0126. The second-order valence-corrected chi connectivity index (χ2v) is 18.0. The van der Waals surface area contributed by atoms with Gasteiger partial charge in [0.1, 0.15) is 23.9 Å². The lowest BCUT2D eigenvalue weighted by molar-refractivity contribution is -0.317. The van der Waals surface area contributed by atoms with Gasteiger partial charge in [0.25, 0.3) is 0 Å². The first kappa shape index (κ1) is 48.4. The third-order valence-electron chi connectivity index (χ3n) is 12.9. The molecule has 0 saturated carbocycles. The van der Waals surface area contributed by atoms with E-state index in [0.717, 1.165) is 0 Å². The summed E-state index contributed by atoms with van der Waals surface area (Å²) in [6.07, 6.45) is -9.37. The van der Waals surface area contributed by atoms with Crippen LogP contribution >= 0.6 is 0 Å². The normalized spacial score (nSPS) is 45.7. The summed E-state index contributed by atoms with van der Waals surface area (Å²) >= 11 is 0. The number of cyclic esters (lactones) is 1. The predicted molar refractivity (Wildman–Crippen MR) is 216 cm³/mol. The minimum atomic E-state index is -1.95. The van der Waals surface area contributed by atoms with Gasteiger partial charge in [-0.25, -0.2) is 0 Å². The molecule has 1 aromatic carbocycles. The molecule has 3 saturated heterocycles. The monoisotopic (exact) mass is 825 g/mol. The van der Waals surface area contributed by atoms with E-state index in [9.17, 15) is 30.3 Å². The molecule has 332 valence electrons. The van der Waals surface area contributed by atoms with Crippen LogP contribution in [0, 0.1) is 23.7 Å². The molecule has 3 heterocycles. The number of esters is 1. The van der Waals surface area contributed by atoms with Gasteiger partial charge in [-0.3, -0.25) is 4.79 Å². The summed E-state index contributed by atoms with van der Waals surface area (Å²) in [7, 11) is 5.23. The molecule has 3 fully saturated rings. The molecular formula is C43H72N2O13. The van der Waals surface area contributed by atoms with E-state index in [2.05, 4.69) is 5.16 Å². The Bertz CT molecular complexity index is 1500. The molecule has 3 aliphatic heterocycles. The molecule has 5 N–H and O–H groups in total. The van der Waals surface area contributed by atoms with Gasteiger partial charge >= 0.3 is 5.97 Å². The topological polar surface area (TPSA) is 198 Å². The number of hydrogen-bond donors (Lipinski definition) is 5. The van der Waals surface area contributed by atoms with E-state index in [1.54, 1.807) is 72.7 Å². The highest BCUT2D eigenvalue weighted by atomic mass is 16.7. The Kier molecular flexibility index (Phi) is 16.4. The SMILES string of the molecule is CC[C@H]1OC(=O)[C@H](C)[C@@H](O[C@H]2C[C@@](C)(OC)[C@@H](O)[C@H](C)O2)[C@H](C)[C@@H](O[C@@H]2O[C@H](C)C[C@H](N(C)C)[C@H]2O)[C@](C)(O)C[C@H](C)/C(=N\Oc2ccccc2)[C@H](C)[C@@H](O)[C@]1(C)O. The average molecular weight is 825 g/mol. The van der Waals surface area contributed by atoms with Crippen LogP contribution in [0.1, 0.15) is 94.9 Å². The van der Waals surface area contributed by atoms with E-state index in [4.69, 9.17) is 33.3 Å². The Hall–Kier alpha value is -2.28. The van der Waals surface area contributed by atoms with Gasteiger partial charge in [0, 0.05) is 37.3 Å². The molecule has 58 heavy (non-hydrogen) atoms. The van der Waals surface area contributed by atoms with E-state index >= 15 is 0 Å². The van der Waals surface area contributed by atoms with Crippen LogP contribution in [-0.2, 0) is 33.2 Å². The number of aliphatic hydroxyl groups excluding tert-OH is 3. The third kappa shape index (κ3) is 10.8. The van der Waals surface area contributed by atoms with Crippen LogP contribution in [0.25, 0.3) is 0 Å². The number of benzene rings is 1. The number of likely N-dealkylation sites (N-methyl/N-ethyl adjacent to an activating group) is 1. The lowest BCUT2D eigenvalue weighted by Gasteiger charge is -2.49. The highest BCUT2D eigenvalue weighted by Gasteiger charge is 2.53. The van der Waals surface area contributed by atoms with Gasteiger partial charge < -0.3 is 63.7 Å². The molecule has 15 heteroatoms. The fraction of sp³-hybridized carbons (Fsp3) is 0.814. The molecule has 0 aliphatic carbocycles. The smallest absolute Gasteiger partial charge is 0.311 e. The standard InChI is InChI=1S/C43H72N2O13/c1-14-31-43(10,51)36(47)25(4)33(44-58-29-18-16-15-17-19-29)23(2)21-41(8,50)38(57-40-34(46)30(45(11)12)20-24(3)53-40)26(5)35(27(6)39(49)55-31)56-32-22-42(9,52-13)37(48)28(7)54-32/h15-19,23-28,30-32,34-38,40,46-48,50-51H,14,20-22H2,1-13H3/b44-33+/t23-,24+,25-,26-,27+,28-,30-,31+,32-,34+,35-,36+,37-,38+,40-,41+,42+,43+/m0/s1. The van der Waals surface area contributed by atoms with Gasteiger partial charge in [-0.2, -0.15) is 0 Å². The molecule has 3 aliphatic rings. The Morgan fingerprint density at radius 3 is 2.12 bits per heavy atom. The van der Waals surface area contributed by atoms with Crippen molar-refractivity contribution in [3.05, 3.63) is 30.3 Å². The molecule has 0 amide bonds. The number of rotatable bonds is 9. The van der Waals surface area contributed by atoms with E-state index in [0.29, 0.717) is 17.9 Å². The predicted octanol–water partition coefficient (Wildman–Crippen LogP) is 3.65. The summed E-state index contributed by atoms with van der Waals surface area (Å²) in [5.74, 6) is -3.64. The molecule has 4 rings (SSSR count). The lowest BCUT2D eigenvalue weighted by atomic mass is 9.73. The van der Waals surface area contributed by atoms with Crippen LogP contribution in [-0.4, -0.2) is 148 Å². The summed E-state index contributed by atoms with van der Waals surface area (Å²) in [5, 5.41) is 63.9. The van der Waals surface area contributed by atoms with Crippen molar-refractivity contribution in [2.45, 2.75) is 179 Å². The van der Waals surface area contributed by atoms with Crippen molar-refractivity contribution in [1.82, 2.24) is 4.90 Å². The van der Waals surface area contributed by atoms with Crippen molar-refractivity contribution < 1.29 is 63.6 Å². The maximum Gasteiger partial charge on any atom is 0.311 e. The Morgan fingerprint density at radius 1 is 0.897 bits per heavy atom. The van der Waals surface area contributed by atoms with Crippen molar-refractivity contribution in [1.29, 1.82) is 0 Å². The van der Waals surface area contributed by atoms with Gasteiger partial charge in [-0.1, -0.05) is 51.0 Å².